The molecular formula is C23H30N4O2S. The van der Waals surface area contributed by atoms with Crippen molar-refractivity contribution in [2.45, 2.75) is 46.5 Å². The molecule has 1 saturated heterocycles. The number of piperazine rings is 1. The molecule has 1 aromatic heterocycles. The standard InChI is InChI=1S/C23H30N4O2S/c1-4-21(28)26-9-11-27(12-10-26)23-25-19-8-6-17(14-20(19)30-23)22(29)24-18-7-5-15(2)13-16(18)3/h5,7,13,17H,4,6,8-12,14H2,1-3H3,(H,24,29). The van der Waals surface area contributed by atoms with Gasteiger partial charge in [-0.2, -0.15) is 0 Å². The lowest BCUT2D eigenvalue weighted by atomic mass is 9.90. The van der Waals surface area contributed by atoms with E-state index in [1.165, 1.54) is 10.4 Å². The highest BCUT2D eigenvalue weighted by molar-refractivity contribution is 7.15. The molecule has 2 heterocycles. The number of amides is 2. The maximum atomic E-state index is 12.9. The molecule has 30 heavy (non-hydrogen) atoms. The number of aromatic nitrogens is 1. The Morgan fingerprint density at radius 3 is 2.67 bits per heavy atom. The van der Waals surface area contributed by atoms with Crippen LogP contribution >= 0.6 is 11.3 Å². The minimum atomic E-state index is -0.00877. The van der Waals surface area contributed by atoms with Crippen LogP contribution in [-0.4, -0.2) is 47.9 Å². The summed E-state index contributed by atoms with van der Waals surface area (Å²) in [6.45, 7) is 9.19. The number of carbonyl (C=O) groups is 2. The fourth-order valence-electron chi connectivity index (χ4n) is 4.28. The quantitative estimate of drug-likeness (QED) is 0.812. The highest BCUT2D eigenvalue weighted by Gasteiger charge is 2.30. The summed E-state index contributed by atoms with van der Waals surface area (Å²) in [6.07, 6.45) is 3.02. The van der Waals surface area contributed by atoms with Crippen molar-refractivity contribution in [2.75, 3.05) is 36.4 Å². The molecule has 2 aliphatic rings. The van der Waals surface area contributed by atoms with Gasteiger partial charge in [0.25, 0.3) is 0 Å². The number of rotatable bonds is 4. The molecule has 4 rings (SSSR count). The smallest absolute Gasteiger partial charge is 0.227 e. The molecule has 1 aliphatic heterocycles. The predicted octanol–water partition coefficient (Wildman–Crippen LogP) is 3.56. The van der Waals surface area contributed by atoms with Crippen LogP contribution in [0.2, 0.25) is 0 Å². The van der Waals surface area contributed by atoms with E-state index in [4.69, 9.17) is 4.98 Å². The first kappa shape index (κ1) is 20.8. The van der Waals surface area contributed by atoms with Gasteiger partial charge in [0.1, 0.15) is 0 Å². The van der Waals surface area contributed by atoms with Crippen LogP contribution in [0.4, 0.5) is 10.8 Å². The fourth-order valence-corrected chi connectivity index (χ4v) is 5.52. The summed E-state index contributed by atoms with van der Waals surface area (Å²) in [5, 5.41) is 4.17. The summed E-state index contributed by atoms with van der Waals surface area (Å²) in [7, 11) is 0. The van der Waals surface area contributed by atoms with E-state index in [0.29, 0.717) is 6.42 Å². The van der Waals surface area contributed by atoms with E-state index in [-0.39, 0.29) is 17.7 Å². The first-order chi connectivity index (χ1) is 14.4. The first-order valence-electron chi connectivity index (χ1n) is 10.8. The van der Waals surface area contributed by atoms with E-state index in [0.717, 1.165) is 67.5 Å². The van der Waals surface area contributed by atoms with Gasteiger partial charge in [0.05, 0.1) is 5.69 Å². The molecule has 0 saturated carbocycles. The van der Waals surface area contributed by atoms with E-state index < -0.39 is 0 Å². The average Bonchev–Trinajstić information content (AvgIpc) is 3.18. The topological polar surface area (TPSA) is 65.5 Å². The van der Waals surface area contributed by atoms with Crippen LogP contribution in [0.3, 0.4) is 0 Å². The average molecular weight is 427 g/mol. The van der Waals surface area contributed by atoms with Crippen LogP contribution in [0.25, 0.3) is 0 Å². The third-order valence-corrected chi connectivity index (χ3v) is 7.33. The van der Waals surface area contributed by atoms with Gasteiger partial charge in [0.2, 0.25) is 11.8 Å². The zero-order valence-electron chi connectivity index (χ0n) is 18.0. The number of carbonyl (C=O) groups excluding carboxylic acids is 2. The normalized spacial score (nSPS) is 18.8. The third kappa shape index (κ3) is 4.36. The summed E-state index contributed by atoms with van der Waals surface area (Å²) in [5.74, 6) is 0.325. The highest BCUT2D eigenvalue weighted by Crippen LogP contribution is 2.35. The molecule has 0 radical (unpaired) electrons. The number of benzene rings is 1. The lowest BCUT2D eigenvalue weighted by Crippen LogP contribution is -2.48. The Hall–Kier alpha value is -2.41. The summed E-state index contributed by atoms with van der Waals surface area (Å²) < 4.78 is 0. The van der Waals surface area contributed by atoms with Crippen LogP contribution in [-0.2, 0) is 22.4 Å². The molecule has 1 unspecified atom stereocenters. The van der Waals surface area contributed by atoms with Crippen molar-refractivity contribution in [1.29, 1.82) is 0 Å². The van der Waals surface area contributed by atoms with Crippen molar-refractivity contribution in [3.8, 4) is 0 Å². The SMILES string of the molecule is CCC(=O)N1CCN(c2nc3c(s2)CC(C(=O)Nc2ccc(C)cc2C)CC3)CC1. The third-order valence-electron chi connectivity index (χ3n) is 6.14. The molecule has 1 aromatic carbocycles. The zero-order valence-corrected chi connectivity index (χ0v) is 18.8. The van der Waals surface area contributed by atoms with Crippen LogP contribution in [0.15, 0.2) is 18.2 Å². The highest BCUT2D eigenvalue weighted by atomic mass is 32.1. The molecule has 160 valence electrons. The molecule has 1 atom stereocenters. The van der Waals surface area contributed by atoms with Gasteiger partial charge < -0.3 is 15.1 Å². The molecule has 1 fully saturated rings. The maximum Gasteiger partial charge on any atom is 0.227 e. The molecule has 2 aromatic rings. The van der Waals surface area contributed by atoms with Crippen molar-refractivity contribution in [3.05, 3.63) is 39.9 Å². The molecule has 6 nitrogen and oxygen atoms in total. The molecule has 1 N–H and O–H groups in total. The Labute approximate surface area is 182 Å². The van der Waals surface area contributed by atoms with Crippen molar-refractivity contribution >= 4 is 34.0 Å². The number of fused-ring (bicyclic) bond motifs is 1. The van der Waals surface area contributed by atoms with Gasteiger partial charge in [-0.1, -0.05) is 24.6 Å². The lowest BCUT2D eigenvalue weighted by molar-refractivity contribution is -0.131. The minimum Gasteiger partial charge on any atom is -0.345 e. The zero-order chi connectivity index (χ0) is 21.3. The van der Waals surface area contributed by atoms with Crippen molar-refractivity contribution in [3.63, 3.8) is 0 Å². The largest absolute Gasteiger partial charge is 0.345 e. The molecular weight excluding hydrogens is 396 g/mol. The van der Waals surface area contributed by atoms with E-state index in [9.17, 15) is 9.59 Å². The Morgan fingerprint density at radius 2 is 1.97 bits per heavy atom. The van der Waals surface area contributed by atoms with Gasteiger partial charge in [-0.05, 0) is 44.7 Å². The summed E-state index contributed by atoms with van der Waals surface area (Å²) in [5.41, 5.74) is 4.35. The second-order valence-corrected chi connectivity index (χ2v) is 9.40. The molecule has 0 bridgehead atoms. The number of thiazole rings is 1. The van der Waals surface area contributed by atoms with E-state index in [1.54, 1.807) is 11.3 Å². The minimum absolute atomic E-state index is 0.00877. The summed E-state index contributed by atoms with van der Waals surface area (Å²) in [6, 6.07) is 6.12. The van der Waals surface area contributed by atoms with Crippen molar-refractivity contribution in [2.24, 2.45) is 5.92 Å². The summed E-state index contributed by atoms with van der Waals surface area (Å²) in [4.78, 5) is 35.1. The van der Waals surface area contributed by atoms with Crippen molar-refractivity contribution in [1.82, 2.24) is 9.88 Å². The van der Waals surface area contributed by atoms with E-state index >= 15 is 0 Å². The predicted molar refractivity (Wildman–Crippen MR) is 121 cm³/mol. The Bertz CT molecular complexity index is 947. The van der Waals surface area contributed by atoms with Crippen LogP contribution in [0.1, 0.15) is 41.5 Å². The molecule has 2 amide bonds. The van der Waals surface area contributed by atoms with E-state index in [1.807, 2.05) is 30.9 Å². The van der Waals surface area contributed by atoms with Crippen molar-refractivity contribution < 1.29 is 9.59 Å². The first-order valence-corrected chi connectivity index (χ1v) is 11.7. The second kappa shape index (κ2) is 8.76. The maximum absolute atomic E-state index is 12.9. The van der Waals surface area contributed by atoms with Gasteiger partial charge >= 0.3 is 0 Å². The van der Waals surface area contributed by atoms with Gasteiger partial charge in [-0.25, -0.2) is 4.98 Å². The number of anilines is 2. The van der Waals surface area contributed by atoms with Gasteiger partial charge in [0, 0.05) is 49.1 Å². The fraction of sp³-hybridized carbons (Fsp3) is 0.522. The number of nitrogens with zero attached hydrogens (tertiary/aromatic N) is 3. The lowest BCUT2D eigenvalue weighted by Gasteiger charge is -2.34. The second-order valence-electron chi connectivity index (χ2n) is 8.34. The summed E-state index contributed by atoms with van der Waals surface area (Å²) >= 11 is 1.72. The van der Waals surface area contributed by atoms with Gasteiger partial charge in [-0.15, -0.1) is 11.3 Å². The monoisotopic (exact) mass is 426 g/mol. The number of nitrogens with one attached hydrogen (secondary N) is 1. The Kier molecular flexibility index (Phi) is 6.09. The molecule has 0 spiro atoms. The van der Waals surface area contributed by atoms with Crippen LogP contribution < -0.4 is 10.2 Å². The van der Waals surface area contributed by atoms with Crippen LogP contribution in [0.5, 0.6) is 0 Å². The number of hydrogen-bond donors (Lipinski definition) is 1. The Morgan fingerprint density at radius 1 is 1.20 bits per heavy atom. The van der Waals surface area contributed by atoms with Gasteiger partial charge in [0.15, 0.2) is 5.13 Å². The van der Waals surface area contributed by atoms with Gasteiger partial charge in [-0.3, -0.25) is 9.59 Å². The van der Waals surface area contributed by atoms with Crippen LogP contribution in [0, 0.1) is 19.8 Å². The Balaban J connectivity index is 1.38. The number of hydrogen-bond acceptors (Lipinski definition) is 5. The van der Waals surface area contributed by atoms with E-state index in [2.05, 4.69) is 23.2 Å². The molecule has 1 aliphatic carbocycles. The molecule has 7 heteroatoms. The number of aryl methyl sites for hydroxylation is 3.